The molecule has 0 spiro atoms. The lowest BCUT2D eigenvalue weighted by molar-refractivity contribution is -0.119. The maximum Gasteiger partial charge on any atom is 0.217 e. The lowest BCUT2D eigenvalue weighted by Crippen LogP contribution is -2.09. The van der Waals surface area contributed by atoms with Crippen molar-refractivity contribution in [2.24, 2.45) is 5.73 Å². The maximum atomic E-state index is 10.4. The lowest BCUT2D eigenvalue weighted by atomic mass is 10.1. The number of carbonyl (C=O) groups excluding carboxylic acids is 2. The molecule has 0 radical (unpaired) electrons. The molecule has 0 aliphatic carbocycles. The lowest BCUT2D eigenvalue weighted by Gasteiger charge is -1.93. The number of ketones is 1. The van der Waals surface area contributed by atoms with Crippen molar-refractivity contribution in [3.63, 3.8) is 0 Å². The van der Waals surface area contributed by atoms with Gasteiger partial charge < -0.3 is 10.5 Å². The molecule has 0 saturated heterocycles. The number of carbonyl (C=O) groups is 2. The summed E-state index contributed by atoms with van der Waals surface area (Å²) in [7, 11) is 0. The SMILES string of the molecule is CC(=O)CCCCC(N)=O. The highest BCUT2D eigenvalue weighted by Gasteiger charge is 1.95. The number of nitrogens with two attached hydrogens (primary N) is 1. The third-order valence-corrected chi connectivity index (χ3v) is 1.20. The Kier molecular flexibility index (Phi) is 4.54. The summed E-state index contributed by atoms with van der Waals surface area (Å²) < 4.78 is 0. The minimum atomic E-state index is -0.288. The van der Waals surface area contributed by atoms with Crippen molar-refractivity contribution in [3.8, 4) is 0 Å². The Morgan fingerprint density at radius 2 is 1.70 bits per heavy atom. The van der Waals surface area contributed by atoms with E-state index >= 15 is 0 Å². The average molecular weight is 143 g/mol. The number of unbranched alkanes of at least 4 members (excludes halogenated alkanes) is 1. The molecule has 0 aliphatic rings. The molecule has 0 unspecified atom stereocenters. The van der Waals surface area contributed by atoms with Gasteiger partial charge in [0.15, 0.2) is 0 Å². The topological polar surface area (TPSA) is 60.2 Å². The normalized spacial score (nSPS) is 9.30. The van der Waals surface area contributed by atoms with Crippen molar-refractivity contribution < 1.29 is 9.59 Å². The van der Waals surface area contributed by atoms with Gasteiger partial charge in [0.25, 0.3) is 0 Å². The van der Waals surface area contributed by atoms with Crippen molar-refractivity contribution in [1.82, 2.24) is 0 Å². The fraction of sp³-hybridized carbons (Fsp3) is 0.714. The second-order valence-corrected chi connectivity index (χ2v) is 2.38. The van der Waals surface area contributed by atoms with Crippen LogP contribution in [-0.4, -0.2) is 11.7 Å². The van der Waals surface area contributed by atoms with Crippen LogP contribution in [-0.2, 0) is 9.59 Å². The van der Waals surface area contributed by atoms with Crippen LogP contribution in [0.4, 0.5) is 0 Å². The molecule has 0 aromatic carbocycles. The zero-order valence-corrected chi connectivity index (χ0v) is 6.22. The molecule has 0 aromatic rings. The number of rotatable bonds is 5. The maximum absolute atomic E-state index is 10.4. The van der Waals surface area contributed by atoms with Crippen LogP contribution in [0.15, 0.2) is 0 Å². The molecule has 3 heteroatoms. The van der Waals surface area contributed by atoms with Gasteiger partial charge in [0, 0.05) is 12.8 Å². The van der Waals surface area contributed by atoms with E-state index in [-0.39, 0.29) is 11.7 Å². The van der Waals surface area contributed by atoms with Crippen molar-refractivity contribution in [1.29, 1.82) is 0 Å². The van der Waals surface area contributed by atoms with E-state index in [9.17, 15) is 9.59 Å². The minimum Gasteiger partial charge on any atom is -0.370 e. The third-order valence-electron chi connectivity index (χ3n) is 1.20. The summed E-state index contributed by atoms with van der Waals surface area (Å²) >= 11 is 0. The second-order valence-electron chi connectivity index (χ2n) is 2.38. The molecule has 0 bridgehead atoms. The Balaban J connectivity index is 3.06. The average Bonchev–Trinajstić information content (AvgIpc) is 1.79. The van der Waals surface area contributed by atoms with Crippen molar-refractivity contribution in [3.05, 3.63) is 0 Å². The fourth-order valence-electron chi connectivity index (χ4n) is 0.673. The first kappa shape index (κ1) is 9.14. The van der Waals surface area contributed by atoms with E-state index in [4.69, 9.17) is 5.73 Å². The molecule has 0 aromatic heterocycles. The van der Waals surface area contributed by atoms with E-state index in [1.807, 2.05) is 0 Å². The Labute approximate surface area is 60.6 Å². The van der Waals surface area contributed by atoms with Crippen LogP contribution < -0.4 is 5.73 Å². The number of Topliss-reactive ketones (excluding diaryl/α,β-unsaturated/α-hetero) is 1. The number of hydrogen-bond acceptors (Lipinski definition) is 2. The quantitative estimate of drug-likeness (QED) is 0.573. The van der Waals surface area contributed by atoms with Gasteiger partial charge in [-0.3, -0.25) is 4.79 Å². The Hall–Kier alpha value is -0.860. The molecule has 0 heterocycles. The van der Waals surface area contributed by atoms with Crippen LogP contribution in [0.5, 0.6) is 0 Å². The Bertz CT molecular complexity index is 116. The summed E-state index contributed by atoms with van der Waals surface area (Å²) in [6, 6.07) is 0. The van der Waals surface area contributed by atoms with Gasteiger partial charge >= 0.3 is 0 Å². The van der Waals surface area contributed by atoms with E-state index in [0.717, 1.165) is 12.8 Å². The van der Waals surface area contributed by atoms with Gasteiger partial charge in [-0.25, -0.2) is 0 Å². The Morgan fingerprint density at radius 1 is 1.20 bits per heavy atom. The van der Waals surface area contributed by atoms with Crippen LogP contribution in [0, 0.1) is 0 Å². The van der Waals surface area contributed by atoms with Crippen molar-refractivity contribution in [2.75, 3.05) is 0 Å². The van der Waals surface area contributed by atoms with Gasteiger partial charge in [-0.05, 0) is 19.8 Å². The zero-order valence-electron chi connectivity index (χ0n) is 6.22. The zero-order chi connectivity index (χ0) is 7.98. The first-order chi connectivity index (χ1) is 4.63. The van der Waals surface area contributed by atoms with E-state index in [2.05, 4.69) is 0 Å². The van der Waals surface area contributed by atoms with Crippen LogP contribution in [0.1, 0.15) is 32.6 Å². The minimum absolute atomic E-state index is 0.171. The highest BCUT2D eigenvalue weighted by atomic mass is 16.1. The van der Waals surface area contributed by atoms with Crippen molar-refractivity contribution >= 4 is 11.7 Å². The van der Waals surface area contributed by atoms with Gasteiger partial charge in [-0.15, -0.1) is 0 Å². The largest absolute Gasteiger partial charge is 0.370 e. The number of primary amides is 1. The van der Waals surface area contributed by atoms with E-state index < -0.39 is 0 Å². The summed E-state index contributed by atoms with van der Waals surface area (Å²) in [6.07, 6.45) is 2.47. The summed E-state index contributed by atoms with van der Waals surface area (Å²) in [4.78, 5) is 20.6. The van der Waals surface area contributed by atoms with Gasteiger partial charge in [-0.2, -0.15) is 0 Å². The van der Waals surface area contributed by atoms with E-state index in [1.54, 1.807) is 6.92 Å². The summed E-state index contributed by atoms with van der Waals surface area (Å²) in [5, 5.41) is 0. The predicted molar refractivity (Wildman–Crippen MR) is 38.3 cm³/mol. The third kappa shape index (κ3) is 7.14. The van der Waals surface area contributed by atoms with Crippen LogP contribution in [0.25, 0.3) is 0 Å². The molecular weight excluding hydrogens is 130 g/mol. The molecule has 0 fully saturated rings. The smallest absolute Gasteiger partial charge is 0.217 e. The monoisotopic (exact) mass is 143 g/mol. The molecule has 58 valence electrons. The number of amides is 1. The van der Waals surface area contributed by atoms with Crippen LogP contribution in [0.3, 0.4) is 0 Å². The van der Waals surface area contributed by atoms with Gasteiger partial charge in [0.2, 0.25) is 5.91 Å². The Morgan fingerprint density at radius 3 is 2.10 bits per heavy atom. The van der Waals surface area contributed by atoms with E-state index in [1.165, 1.54) is 0 Å². The molecule has 0 saturated carbocycles. The molecular formula is C7H13NO2. The first-order valence-corrected chi connectivity index (χ1v) is 3.40. The summed E-state index contributed by atoms with van der Waals surface area (Å²) in [5.41, 5.74) is 4.89. The molecule has 0 rings (SSSR count). The summed E-state index contributed by atoms with van der Waals surface area (Å²) in [6.45, 7) is 1.55. The van der Waals surface area contributed by atoms with E-state index in [0.29, 0.717) is 12.8 Å². The molecule has 0 atom stereocenters. The fourth-order valence-corrected chi connectivity index (χ4v) is 0.673. The first-order valence-electron chi connectivity index (χ1n) is 3.40. The summed E-state index contributed by atoms with van der Waals surface area (Å²) in [5.74, 6) is -0.118. The molecule has 2 N–H and O–H groups in total. The van der Waals surface area contributed by atoms with Crippen molar-refractivity contribution in [2.45, 2.75) is 32.6 Å². The molecule has 0 aliphatic heterocycles. The van der Waals surface area contributed by atoms with Gasteiger partial charge in [0.05, 0.1) is 0 Å². The highest BCUT2D eigenvalue weighted by molar-refractivity contribution is 5.75. The van der Waals surface area contributed by atoms with Gasteiger partial charge in [-0.1, -0.05) is 0 Å². The number of hydrogen-bond donors (Lipinski definition) is 1. The molecule has 10 heavy (non-hydrogen) atoms. The highest BCUT2D eigenvalue weighted by Crippen LogP contribution is 1.98. The standard InChI is InChI=1S/C7H13NO2/c1-6(9)4-2-3-5-7(8)10/h2-5H2,1H3,(H2,8,10). The van der Waals surface area contributed by atoms with Gasteiger partial charge in [0.1, 0.15) is 5.78 Å². The predicted octanol–water partition coefficient (Wildman–Crippen LogP) is 0.621. The molecule has 1 amide bonds. The molecule has 3 nitrogen and oxygen atoms in total. The van der Waals surface area contributed by atoms with Crippen LogP contribution in [0.2, 0.25) is 0 Å². The van der Waals surface area contributed by atoms with Crippen LogP contribution >= 0.6 is 0 Å². The second kappa shape index (κ2) is 4.97.